The van der Waals surface area contributed by atoms with Crippen molar-refractivity contribution >= 4 is 22.6 Å². The molecule has 37 heavy (non-hydrogen) atoms. The fourth-order valence-electron chi connectivity index (χ4n) is 4.51. The molecule has 0 saturated heterocycles. The molecule has 0 unspecified atom stereocenters. The molecule has 1 aliphatic rings. The van der Waals surface area contributed by atoms with Crippen LogP contribution in [0.25, 0.3) is 16.9 Å². The molecule has 10 nitrogen and oxygen atoms in total. The molecule has 3 aromatic rings. The maximum atomic E-state index is 14.3. The summed E-state index contributed by atoms with van der Waals surface area (Å²) in [6.07, 6.45) is 5.14. The van der Waals surface area contributed by atoms with E-state index < -0.39 is 23.3 Å². The van der Waals surface area contributed by atoms with E-state index in [0.717, 1.165) is 19.3 Å². The number of nitriles is 1. The average Bonchev–Trinajstić information content (AvgIpc) is 3.48. The summed E-state index contributed by atoms with van der Waals surface area (Å²) < 4.78 is 15.8. The average molecular weight is 510 g/mol. The van der Waals surface area contributed by atoms with Crippen LogP contribution in [0.3, 0.4) is 0 Å². The minimum atomic E-state index is -1.65. The normalized spacial score (nSPS) is 19.0. The number of alkyl halides is 1. The number of pyridine rings is 2. The molecule has 1 fully saturated rings. The Morgan fingerprint density at radius 3 is 2.62 bits per heavy atom. The van der Waals surface area contributed by atoms with Crippen molar-refractivity contribution < 1.29 is 19.4 Å². The number of nitrogens with zero attached hydrogens (tertiary/aromatic N) is 5. The highest BCUT2D eigenvalue weighted by molar-refractivity contribution is 5.99. The molecular formula is C26H32FN7O3. The second-order valence-corrected chi connectivity index (χ2v) is 10.7. The Labute approximate surface area is 214 Å². The second kappa shape index (κ2) is 10.0. The number of aromatic nitrogens is 4. The van der Waals surface area contributed by atoms with Crippen LogP contribution in [0.15, 0.2) is 30.7 Å². The van der Waals surface area contributed by atoms with Gasteiger partial charge in [-0.1, -0.05) is 0 Å². The van der Waals surface area contributed by atoms with Crippen LogP contribution in [0.4, 0.5) is 10.1 Å². The predicted octanol–water partition coefficient (Wildman–Crippen LogP) is 2.88. The van der Waals surface area contributed by atoms with Crippen LogP contribution >= 0.6 is 0 Å². The summed E-state index contributed by atoms with van der Waals surface area (Å²) >= 11 is 0. The van der Waals surface area contributed by atoms with E-state index in [1.54, 1.807) is 32.2 Å². The van der Waals surface area contributed by atoms with Crippen LogP contribution in [-0.4, -0.2) is 65.8 Å². The highest BCUT2D eigenvalue weighted by Gasteiger charge is 2.35. The molecule has 0 radical (unpaired) electrons. The van der Waals surface area contributed by atoms with Gasteiger partial charge in [0.25, 0.3) is 5.91 Å². The van der Waals surface area contributed by atoms with Crippen molar-refractivity contribution in [3.05, 3.63) is 41.9 Å². The van der Waals surface area contributed by atoms with Crippen molar-refractivity contribution in [1.82, 2.24) is 25.1 Å². The summed E-state index contributed by atoms with van der Waals surface area (Å²) in [7, 11) is 0. The number of hydrogen-bond donors (Lipinski definition) is 4. The lowest BCUT2D eigenvalue weighted by Crippen LogP contribution is -2.42. The van der Waals surface area contributed by atoms with Crippen molar-refractivity contribution in [2.45, 2.75) is 70.4 Å². The molecule has 1 saturated carbocycles. The van der Waals surface area contributed by atoms with E-state index in [0.29, 0.717) is 28.1 Å². The number of carbonyl (C=O) groups is 1. The largest absolute Gasteiger partial charge is 0.390 e. The summed E-state index contributed by atoms with van der Waals surface area (Å²) in [6.45, 7) is 5.92. The smallest absolute Gasteiger partial charge is 0.255 e. The second-order valence-electron chi connectivity index (χ2n) is 10.7. The fourth-order valence-corrected chi connectivity index (χ4v) is 4.51. The number of nitrogens with one attached hydrogen (secondary N) is 2. The number of halogens is 1. The van der Waals surface area contributed by atoms with Crippen LogP contribution in [-0.2, 0) is 0 Å². The monoisotopic (exact) mass is 509 g/mol. The zero-order valence-corrected chi connectivity index (χ0v) is 21.4. The Kier molecular flexibility index (Phi) is 7.17. The maximum Gasteiger partial charge on any atom is 0.255 e. The number of hydrogen-bond acceptors (Lipinski definition) is 8. The third kappa shape index (κ3) is 5.87. The molecular weight excluding hydrogens is 477 g/mol. The van der Waals surface area contributed by atoms with Crippen molar-refractivity contribution in [2.24, 2.45) is 5.92 Å². The summed E-state index contributed by atoms with van der Waals surface area (Å²) in [5, 5.41) is 40.4. The number of anilines is 1. The lowest BCUT2D eigenvalue weighted by molar-refractivity contribution is -0.00178. The molecule has 3 heterocycles. The Morgan fingerprint density at radius 2 is 1.97 bits per heavy atom. The summed E-state index contributed by atoms with van der Waals surface area (Å²) in [6, 6.07) is 5.42. The van der Waals surface area contributed by atoms with Crippen molar-refractivity contribution in [1.29, 1.82) is 5.26 Å². The van der Waals surface area contributed by atoms with Gasteiger partial charge in [0.2, 0.25) is 0 Å². The first-order chi connectivity index (χ1) is 17.4. The molecule has 0 spiro atoms. The van der Waals surface area contributed by atoms with Gasteiger partial charge in [-0.2, -0.15) is 15.0 Å². The van der Waals surface area contributed by atoms with E-state index >= 15 is 0 Å². The summed E-state index contributed by atoms with van der Waals surface area (Å²) in [5.74, 6) is -0.0213. The number of rotatable bonds is 8. The van der Waals surface area contributed by atoms with E-state index in [2.05, 4.69) is 31.8 Å². The van der Waals surface area contributed by atoms with Crippen LogP contribution in [0.2, 0.25) is 0 Å². The fraction of sp³-hybridized carbons (Fsp3) is 0.500. The van der Waals surface area contributed by atoms with Gasteiger partial charge in [-0.25, -0.2) is 14.4 Å². The molecule has 0 aliphatic heterocycles. The Balaban J connectivity index is 1.65. The SMILES string of the molecule is CC(C)(O)[C@H]1CC[C@H](Nc2cc(-n3ncc4cc(C#N)cnc43)ncc2C(=O)NC[C@@H](F)C(C)(C)O)C1. The summed E-state index contributed by atoms with van der Waals surface area (Å²) in [5.41, 5.74) is -0.784. The van der Waals surface area contributed by atoms with Crippen molar-refractivity contribution in [3.63, 3.8) is 0 Å². The Morgan fingerprint density at radius 1 is 1.22 bits per heavy atom. The highest BCUT2D eigenvalue weighted by Crippen LogP contribution is 2.36. The van der Waals surface area contributed by atoms with Crippen LogP contribution in [0.1, 0.15) is 62.9 Å². The molecule has 4 rings (SSSR count). The number of fused-ring (bicyclic) bond motifs is 1. The third-order valence-electron chi connectivity index (χ3n) is 6.89. The lowest BCUT2D eigenvalue weighted by Gasteiger charge is -2.26. The maximum absolute atomic E-state index is 14.3. The number of aliphatic hydroxyl groups is 2. The van der Waals surface area contributed by atoms with Crippen LogP contribution in [0.5, 0.6) is 0 Å². The molecule has 0 aromatic carbocycles. The molecule has 4 N–H and O–H groups in total. The van der Waals surface area contributed by atoms with Gasteiger partial charge in [0.05, 0.1) is 40.8 Å². The lowest BCUT2D eigenvalue weighted by atomic mass is 9.89. The Hall–Kier alpha value is -3.62. The standard InChI is InChI=1S/C26H32FN7O3/c1-25(2,36)17-5-6-18(8-17)33-20-9-22(34-23-16(12-32-34)7-15(10-28)11-30-23)29-13-19(20)24(35)31-14-21(27)26(3,4)37/h7,9,11-13,17-18,21,36-37H,5-6,8,14H2,1-4H3,(H,29,33)(H,31,35)/t17-,18-,21+/m0/s1. The topological polar surface area (TPSA) is 149 Å². The van der Waals surface area contributed by atoms with Crippen molar-refractivity contribution in [3.8, 4) is 11.9 Å². The van der Waals surface area contributed by atoms with Gasteiger partial charge < -0.3 is 20.8 Å². The molecule has 0 bridgehead atoms. The van der Waals surface area contributed by atoms with E-state index in [1.165, 1.54) is 30.9 Å². The van der Waals surface area contributed by atoms with Crippen molar-refractivity contribution in [2.75, 3.05) is 11.9 Å². The number of carbonyl (C=O) groups excluding carboxylic acids is 1. The quantitative estimate of drug-likeness (QED) is 0.362. The highest BCUT2D eigenvalue weighted by atomic mass is 19.1. The van der Waals surface area contributed by atoms with E-state index in [-0.39, 0.29) is 24.1 Å². The van der Waals surface area contributed by atoms with Gasteiger partial charge >= 0.3 is 0 Å². The van der Waals surface area contributed by atoms with Crippen LogP contribution < -0.4 is 10.6 Å². The first kappa shape index (κ1) is 26.4. The van der Waals surface area contributed by atoms with Gasteiger partial charge in [-0.15, -0.1) is 0 Å². The predicted molar refractivity (Wildman–Crippen MR) is 136 cm³/mol. The minimum absolute atomic E-state index is 0.00852. The molecule has 1 amide bonds. The number of amides is 1. The molecule has 196 valence electrons. The molecule has 3 atom stereocenters. The molecule has 1 aliphatic carbocycles. The van der Waals surface area contributed by atoms with Gasteiger partial charge in [-0.3, -0.25) is 4.79 Å². The van der Waals surface area contributed by atoms with E-state index in [4.69, 9.17) is 5.26 Å². The van der Waals surface area contributed by atoms with E-state index in [9.17, 15) is 19.4 Å². The molecule has 11 heteroatoms. The zero-order chi connectivity index (χ0) is 27.0. The first-order valence-corrected chi connectivity index (χ1v) is 12.2. The van der Waals surface area contributed by atoms with Gasteiger partial charge in [0.1, 0.15) is 12.2 Å². The van der Waals surface area contributed by atoms with E-state index in [1.807, 2.05) is 0 Å². The van der Waals surface area contributed by atoms with Crippen LogP contribution in [0, 0.1) is 17.2 Å². The van der Waals surface area contributed by atoms with Gasteiger partial charge in [-0.05, 0) is 58.9 Å². The third-order valence-corrected chi connectivity index (χ3v) is 6.89. The molecule has 3 aromatic heterocycles. The Bertz CT molecular complexity index is 1340. The minimum Gasteiger partial charge on any atom is -0.390 e. The zero-order valence-electron chi connectivity index (χ0n) is 21.4. The van der Waals surface area contributed by atoms with Gasteiger partial charge in [0, 0.05) is 29.9 Å². The summed E-state index contributed by atoms with van der Waals surface area (Å²) in [4.78, 5) is 21.8. The van der Waals surface area contributed by atoms with Gasteiger partial charge in [0.15, 0.2) is 11.5 Å². The first-order valence-electron chi connectivity index (χ1n) is 12.2.